The van der Waals surface area contributed by atoms with Crippen LogP contribution in [-0.4, -0.2) is 19.6 Å². The van der Waals surface area contributed by atoms with Crippen LogP contribution in [0.1, 0.15) is 17.3 Å². The normalized spacial score (nSPS) is 10.0. The van der Waals surface area contributed by atoms with Crippen LogP contribution >= 0.6 is 15.9 Å². The summed E-state index contributed by atoms with van der Waals surface area (Å²) in [6.45, 7) is 2.44. The lowest BCUT2D eigenvalue weighted by molar-refractivity contribution is 0.102. The van der Waals surface area contributed by atoms with Crippen molar-refractivity contribution < 1.29 is 14.3 Å². The minimum absolute atomic E-state index is 0.205. The quantitative estimate of drug-likeness (QED) is 0.883. The Labute approximate surface area is 132 Å². The van der Waals surface area contributed by atoms with Crippen molar-refractivity contribution in [1.29, 1.82) is 0 Å². The molecule has 110 valence electrons. The summed E-state index contributed by atoms with van der Waals surface area (Å²) in [6.07, 6.45) is 0. The van der Waals surface area contributed by atoms with Gasteiger partial charge in [-0.25, -0.2) is 0 Å². The van der Waals surface area contributed by atoms with E-state index in [1.165, 1.54) is 0 Å². The van der Waals surface area contributed by atoms with E-state index in [1.807, 2.05) is 31.2 Å². The first-order valence-corrected chi connectivity index (χ1v) is 7.31. The number of carbonyl (C=O) groups is 1. The number of amides is 1. The van der Waals surface area contributed by atoms with E-state index in [4.69, 9.17) is 9.47 Å². The molecule has 0 atom stereocenters. The molecule has 0 fully saturated rings. The lowest BCUT2D eigenvalue weighted by Gasteiger charge is -2.11. The van der Waals surface area contributed by atoms with Crippen LogP contribution in [0, 0.1) is 0 Å². The average molecular weight is 350 g/mol. The van der Waals surface area contributed by atoms with Gasteiger partial charge in [0.15, 0.2) is 11.5 Å². The predicted molar refractivity (Wildman–Crippen MR) is 86.3 cm³/mol. The third kappa shape index (κ3) is 3.76. The van der Waals surface area contributed by atoms with E-state index in [-0.39, 0.29) is 5.91 Å². The second-order valence-electron chi connectivity index (χ2n) is 4.23. The SMILES string of the molecule is CCOc1ccc(C(=O)Nc2ccccc2Br)cc1OC. The van der Waals surface area contributed by atoms with Crippen LogP contribution in [0.4, 0.5) is 5.69 Å². The maximum Gasteiger partial charge on any atom is 0.255 e. The fourth-order valence-corrected chi connectivity index (χ4v) is 2.22. The average Bonchev–Trinajstić information content (AvgIpc) is 2.50. The maximum atomic E-state index is 12.3. The summed E-state index contributed by atoms with van der Waals surface area (Å²) >= 11 is 3.40. The van der Waals surface area contributed by atoms with Gasteiger partial charge in [0.1, 0.15) is 0 Å². The van der Waals surface area contributed by atoms with Gasteiger partial charge in [-0.1, -0.05) is 12.1 Å². The zero-order valence-corrected chi connectivity index (χ0v) is 13.4. The number of hydrogen-bond acceptors (Lipinski definition) is 3. The molecule has 2 aromatic carbocycles. The number of halogens is 1. The number of methoxy groups -OCH3 is 1. The molecule has 21 heavy (non-hydrogen) atoms. The Morgan fingerprint density at radius 1 is 1.19 bits per heavy atom. The molecule has 0 spiro atoms. The highest BCUT2D eigenvalue weighted by molar-refractivity contribution is 9.10. The van der Waals surface area contributed by atoms with Crippen LogP contribution in [-0.2, 0) is 0 Å². The summed E-state index contributed by atoms with van der Waals surface area (Å²) in [5, 5.41) is 2.85. The lowest BCUT2D eigenvalue weighted by Crippen LogP contribution is -2.12. The smallest absolute Gasteiger partial charge is 0.255 e. The molecule has 1 N–H and O–H groups in total. The van der Waals surface area contributed by atoms with Gasteiger partial charge in [-0.05, 0) is 53.2 Å². The number of hydrogen-bond donors (Lipinski definition) is 1. The van der Waals surface area contributed by atoms with E-state index in [0.29, 0.717) is 23.7 Å². The standard InChI is InChI=1S/C16H16BrNO3/c1-3-21-14-9-8-11(10-15(14)20-2)16(19)18-13-7-5-4-6-12(13)17/h4-10H,3H2,1-2H3,(H,18,19). The molecule has 0 aromatic heterocycles. The van der Waals surface area contributed by atoms with E-state index in [2.05, 4.69) is 21.2 Å². The van der Waals surface area contributed by atoms with E-state index >= 15 is 0 Å². The van der Waals surface area contributed by atoms with Crippen LogP contribution in [0.2, 0.25) is 0 Å². The van der Waals surface area contributed by atoms with E-state index in [9.17, 15) is 4.79 Å². The Kier molecular flexibility index (Phi) is 5.22. The highest BCUT2D eigenvalue weighted by Gasteiger charge is 2.12. The molecule has 0 saturated carbocycles. The van der Waals surface area contributed by atoms with Gasteiger partial charge in [0, 0.05) is 10.0 Å². The minimum Gasteiger partial charge on any atom is -0.493 e. The molecule has 2 aromatic rings. The van der Waals surface area contributed by atoms with E-state index in [1.54, 1.807) is 25.3 Å². The van der Waals surface area contributed by atoms with Crippen molar-refractivity contribution in [3.05, 3.63) is 52.5 Å². The van der Waals surface area contributed by atoms with E-state index in [0.717, 1.165) is 10.2 Å². The number of carbonyl (C=O) groups excluding carboxylic acids is 1. The predicted octanol–water partition coefficient (Wildman–Crippen LogP) is 4.11. The first-order valence-electron chi connectivity index (χ1n) is 6.52. The summed E-state index contributed by atoms with van der Waals surface area (Å²) in [7, 11) is 1.55. The topological polar surface area (TPSA) is 47.6 Å². The highest BCUT2D eigenvalue weighted by atomic mass is 79.9. The molecule has 0 radical (unpaired) electrons. The molecular formula is C16H16BrNO3. The van der Waals surface area contributed by atoms with Crippen molar-refractivity contribution in [3.63, 3.8) is 0 Å². The third-order valence-electron chi connectivity index (χ3n) is 2.85. The molecule has 0 saturated heterocycles. The number of para-hydroxylation sites is 1. The zero-order chi connectivity index (χ0) is 15.2. The Bertz CT molecular complexity index is 643. The van der Waals surface area contributed by atoms with Crippen LogP contribution in [0.5, 0.6) is 11.5 Å². The Balaban J connectivity index is 2.21. The van der Waals surface area contributed by atoms with Gasteiger partial charge in [-0.3, -0.25) is 4.79 Å². The number of benzene rings is 2. The molecule has 0 bridgehead atoms. The van der Waals surface area contributed by atoms with Gasteiger partial charge >= 0.3 is 0 Å². The Morgan fingerprint density at radius 3 is 2.62 bits per heavy atom. The minimum atomic E-state index is -0.205. The monoisotopic (exact) mass is 349 g/mol. The molecular weight excluding hydrogens is 334 g/mol. The van der Waals surface area contributed by atoms with Gasteiger partial charge in [-0.15, -0.1) is 0 Å². The van der Waals surface area contributed by atoms with Gasteiger partial charge in [-0.2, -0.15) is 0 Å². The van der Waals surface area contributed by atoms with Crippen molar-refractivity contribution in [2.24, 2.45) is 0 Å². The lowest BCUT2D eigenvalue weighted by atomic mass is 10.2. The van der Waals surface area contributed by atoms with Gasteiger partial charge in [0.2, 0.25) is 0 Å². The maximum absolute atomic E-state index is 12.3. The summed E-state index contributed by atoms with van der Waals surface area (Å²) in [5.41, 5.74) is 1.22. The van der Waals surface area contributed by atoms with Gasteiger partial charge in [0.25, 0.3) is 5.91 Å². The van der Waals surface area contributed by atoms with Crippen molar-refractivity contribution in [2.45, 2.75) is 6.92 Å². The first-order chi connectivity index (χ1) is 10.2. The summed E-state index contributed by atoms with van der Waals surface area (Å²) < 4.78 is 11.5. The van der Waals surface area contributed by atoms with E-state index < -0.39 is 0 Å². The molecule has 2 rings (SSSR count). The summed E-state index contributed by atoms with van der Waals surface area (Å²) in [4.78, 5) is 12.3. The molecule has 5 heteroatoms. The molecule has 1 amide bonds. The third-order valence-corrected chi connectivity index (χ3v) is 3.54. The summed E-state index contributed by atoms with van der Waals surface area (Å²) in [5.74, 6) is 0.956. The van der Waals surface area contributed by atoms with Crippen molar-refractivity contribution >= 4 is 27.5 Å². The van der Waals surface area contributed by atoms with Crippen LogP contribution in [0.25, 0.3) is 0 Å². The highest BCUT2D eigenvalue weighted by Crippen LogP contribution is 2.29. The fourth-order valence-electron chi connectivity index (χ4n) is 1.84. The van der Waals surface area contributed by atoms with Crippen LogP contribution < -0.4 is 14.8 Å². The van der Waals surface area contributed by atoms with Crippen LogP contribution in [0.3, 0.4) is 0 Å². The molecule has 0 unspecified atom stereocenters. The Hall–Kier alpha value is -2.01. The molecule has 0 aliphatic carbocycles. The first kappa shape index (κ1) is 15.4. The van der Waals surface area contributed by atoms with Crippen molar-refractivity contribution in [3.8, 4) is 11.5 Å². The molecule has 4 nitrogen and oxygen atoms in total. The molecule has 0 aliphatic rings. The number of nitrogens with one attached hydrogen (secondary N) is 1. The Morgan fingerprint density at radius 2 is 1.95 bits per heavy atom. The second kappa shape index (κ2) is 7.13. The molecule has 0 aliphatic heterocycles. The fraction of sp³-hybridized carbons (Fsp3) is 0.188. The number of anilines is 1. The van der Waals surface area contributed by atoms with Gasteiger partial charge < -0.3 is 14.8 Å². The number of rotatable bonds is 5. The van der Waals surface area contributed by atoms with Crippen LogP contribution in [0.15, 0.2) is 46.9 Å². The second-order valence-corrected chi connectivity index (χ2v) is 5.09. The summed E-state index contributed by atoms with van der Waals surface area (Å²) in [6, 6.07) is 12.6. The van der Waals surface area contributed by atoms with Gasteiger partial charge in [0.05, 0.1) is 19.4 Å². The van der Waals surface area contributed by atoms with Crippen molar-refractivity contribution in [1.82, 2.24) is 0 Å². The zero-order valence-electron chi connectivity index (χ0n) is 11.9. The van der Waals surface area contributed by atoms with Crippen molar-refractivity contribution in [2.75, 3.05) is 19.0 Å². The number of ether oxygens (including phenoxy) is 2. The largest absolute Gasteiger partial charge is 0.493 e. The molecule has 0 heterocycles.